The van der Waals surface area contributed by atoms with Crippen molar-refractivity contribution >= 4 is 10.9 Å². The van der Waals surface area contributed by atoms with Gasteiger partial charge in [0.1, 0.15) is 0 Å². The van der Waals surface area contributed by atoms with Crippen molar-refractivity contribution in [2.24, 2.45) is 0 Å². The van der Waals surface area contributed by atoms with Gasteiger partial charge in [-0.15, -0.1) is 0 Å². The first kappa shape index (κ1) is 18.1. The van der Waals surface area contributed by atoms with E-state index in [1.807, 2.05) is 12.1 Å². The summed E-state index contributed by atoms with van der Waals surface area (Å²) in [4.78, 5) is 3.36. The van der Waals surface area contributed by atoms with Crippen LogP contribution in [0.25, 0.3) is 10.9 Å². The summed E-state index contributed by atoms with van der Waals surface area (Å²) in [6, 6.07) is 10.3. The van der Waals surface area contributed by atoms with E-state index in [1.54, 1.807) is 21.3 Å². The number of nitrogens with one attached hydrogen (secondary N) is 2. The quantitative estimate of drug-likeness (QED) is 0.604. The molecule has 3 rings (SSSR count). The Hall–Kier alpha value is -2.66. The summed E-state index contributed by atoms with van der Waals surface area (Å²) >= 11 is 0. The minimum Gasteiger partial charge on any atom is -0.493 e. The first-order valence-corrected chi connectivity index (χ1v) is 8.73. The lowest BCUT2D eigenvalue weighted by atomic mass is 10.1. The highest BCUT2D eigenvalue weighted by Gasteiger charge is 2.13. The van der Waals surface area contributed by atoms with Crippen LogP contribution in [0.4, 0.5) is 0 Å². The summed E-state index contributed by atoms with van der Waals surface area (Å²) in [7, 11) is 4.88. The topological polar surface area (TPSA) is 55.5 Å². The monoisotopic (exact) mass is 354 g/mol. The van der Waals surface area contributed by atoms with Gasteiger partial charge in [0.05, 0.1) is 21.3 Å². The molecule has 0 radical (unpaired) electrons. The smallest absolute Gasteiger partial charge is 0.203 e. The average Bonchev–Trinajstić information content (AvgIpc) is 3.08. The van der Waals surface area contributed by atoms with Gasteiger partial charge >= 0.3 is 0 Å². The molecule has 0 amide bonds. The third-order valence-corrected chi connectivity index (χ3v) is 4.62. The minimum absolute atomic E-state index is 0.619. The number of aromatic nitrogens is 1. The van der Waals surface area contributed by atoms with Crippen molar-refractivity contribution in [3.8, 4) is 17.2 Å². The highest BCUT2D eigenvalue weighted by Crippen LogP contribution is 2.38. The second kappa shape index (κ2) is 8.15. The van der Waals surface area contributed by atoms with Crippen molar-refractivity contribution in [3.05, 3.63) is 53.2 Å². The van der Waals surface area contributed by atoms with Crippen molar-refractivity contribution in [3.63, 3.8) is 0 Å². The molecule has 0 unspecified atom stereocenters. The molecule has 3 aromatic rings. The molecule has 0 aliphatic heterocycles. The highest BCUT2D eigenvalue weighted by atomic mass is 16.5. The molecule has 0 aliphatic carbocycles. The molecule has 138 valence electrons. The number of hydrogen-bond donors (Lipinski definition) is 2. The summed E-state index contributed by atoms with van der Waals surface area (Å²) in [6.07, 6.45) is 3.08. The van der Waals surface area contributed by atoms with Gasteiger partial charge in [-0.25, -0.2) is 0 Å². The Morgan fingerprint density at radius 2 is 1.73 bits per heavy atom. The number of rotatable bonds is 8. The Morgan fingerprint density at radius 1 is 1.00 bits per heavy atom. The fourth-order valence-corrected chi connectivity index (χ4v) is 3.34. The van der Waals surface area contributed by atoms with Crippen LogP contribution >= 0.6 is 0 Å². The predicted octanol–water partition coefficient (Wildman–Crippen LogP) is 3.83. The third kappa shape index (κ3) is 3.63. The van der Waals surface area contributed by atoms with Crippen LogP contribution in [0.1, 0.15) is 16.7 Å². The SMILES string of the molecule is COc1cc(CNCCc2c[nH]c3cccc(C)c23)cc(OC)c1OC. The lowest BCUT2D eigenvalue weighted by Crippen LogP contribution is -2.16. The summed E-state index contributed by atoms with van der Waals surface area (Å²) in [5.74, 6) is 1.97. The van der Waals surface area contributed by atoms with Gasteiger partial charge in [0, 0.05) is 23.6 Å². The number of hydrogen-bond acceptors (Lipinski definition) is 4. The molecule has 1 aromatic heterocycles. The van der Waals surface area contributed by atoms with Crippen LogP contribution in [0, 0.1) is 6.92 Å². The zero-order chi connectivity index (χ0) is 18.5. The van der Waals surface area contributed by atoms with Gasteiger partial charge in [-0.1, -0.05) is 12.1 Å². The van der Waals surface area contributed by atoms with Crippen LogP contribution in [0.5, 0.6) is 17.2 Å². The van der Waals surface area contributed by atoms with Gasteiger partial charge in [-0.3, -0.25) is 0 Å². The van der Waals surface area contributed by atoms with Crippen molar-refractivity contribution in [2.45, 2.75) is 19.9 Å². The maximum absolute atomic E-state index is 5.41. The normalized spacial score (nSPS) is 10.9. The average molecular weight is 354 g/mol. The molecular formula is C21H26N2O3. The van der Waals surface area contributed by atoms with Crippen molar-refractivity contribution in [1.82, 2.24) is 10.3 Å². The molecule has 0 saturated heterocycles. The van der Waals surface area contributed by atoms with Crippen molar-refractivity contribution in [1.29, 1.82) is 0 Å². The number of methoxy groups -OCH3 is 3. The zero-order valence-electron chi connectivity index (χ0n) is 15.8. The van der Waals surface area contributed by atoms with Crippen LogP contribution in [-0.4, -0.2) is 32.9 Å². The molecule has 2 aromatic carbocycles. The van der Waals surface area contributed by atoms with Gasteiger partial charge in [-0.05, 0) is 54.8 Å². The Morgan fingerprint density at radius 3 is 2.38 bits per heavy atom. The van der Waals surface area contributed by atoms with Gasteiger partial charge in [0.15, 0.2) is 11.5 Å². The van der Waals surface area contributed by atoms with E-state index in [4.69, 9.17) is 14.2 Å². The van der Waals surface area contributed by atoms with Crippen LogP contribution in [0.15, 0.2) is 36.5 Å². The lowest BCUT2D eigenvalue weighted by Gasteiger charge is -2.14. The summed E-state index contributed by atoms with van der Waals surface area (Å²) in [5.41, 5.74) is 4.94. The summed E-state index contributed by atoms with van der Waals surface area (Å²) < 4.78 is 16.2. The first-order chi connectivity index (χ1) is 12.7. The van der Waals surface area contributed by atoms with E-state index in [9.17, 15) is 0 Å². The fourth-order valence-electron chi connectivity index (χ4n) is 3.34. The highest BCUT2D eigenvalue weighted by molar-refractivity contribution is 5.86. The summed E-state index contributed by atoms with van der Waals surface area (Å²) in [5, 5.41) is 4.83. The number of fused-ring (bicyclic) bond motifs is 1. The molecule has 0 saturated carbocycles. The second-order valence-corrected chi connectivity index (χ2v) is 6.27. The molecule has 26 heavy (non-hydrogen) atoms. The van der Waals surface area contributed by atoms with E-state index in [-0.39, 0.29) is 0 Å². The number of H-pyrrole nitrogens is 1. The zero-order valence-corrected chi connectivity index (χ0v) is 15.8. The Bertz CT molecular complexity index is 861. The molecule has 2 N–H and O–H groups in total. The van der Waals surface area contributed by atoms with Gasteiger partial charge in [-0.2, -0.15) is 0 Å². The maximum atomic E-state index is 5.41. The fraction of sp³-hybridized carbons (Fsp3) is 0.333. The largest absolute Gasteiger partial charge is 0.493 e. The molecule has 0 atom stereocenters. The number of aromatic amines is 1. The molecule has 0 bridgehead atoms. The molecule has 0 spiro atoms. The summed E-state index contributed by atoms with van der Waals surface area (Å²) in [6.45, 7) is 3.78. The molecular weight excluding hydrogens is 328 g/mol. The van der Waals surface area contributed by atoms with Crippen molar-refractivity contribution < 1.29 is 14.2 Å². The number of ether oxygens (including phenoxy) is 3. The third-order valence-electron chi connectivity index (χ3n) is 4.62. The second-order valence-electron chi connectivity index (χ2n) is 6.27. The molecule has 0 fully saturated rings. The molecule has 0 aliphatic rings. The lowest BCUT2D eigenvalue weighted by molar-refractivity contribution is 0.323. The number of benzene rings is 2. The van der Waals surface area contributed by atoms with E-state index < -0.39 is 0 Å². The van der Waals surface area contributed by atoms with E-state index in [1.165, 1.54) is 22.0 Å². The van der Waals surface area contributed by atoms with Crippen LogP contribution < -0.4 is 19.5 Å². The van der Waals surface area contributed by atoms with Gasteiger partial charge < -0.3 is 24.5 Å². The van der Waals surface area contributed by atoms with Gasteiger partial charge in [0.25, 0.3) is 0 Å². The van der Waals surface area contributed by atoms with E-state index in [2.05, 4.69) is 41.6 Å². The van der Waals surface area contributed by atoms with E-state index in [0.29, 0.717) is 17.2 Å². The first-order valence-electron chi connectivity index (χ1n) is 8.73. The van der Waals surface area contributed by atoms with E-state index in [0.717, 1.165) is 25.1 Å². The standard InChI is InChI=1S/C21H26N2O3/c1-14-6-5-7-17-20(14)16(13-23-17)8-9-22-12-15-10-18(24-2)21(26-4)19(11-15)25-3/h5-7,10-11,13,22-23H,8-9,12H2,1-4H3. The Kier molecular flexibility index (Phi) is 5.68. The minimum atomic E-state index is 0.619. The van der Waals surface area contributed by atoms with Crippen molar-refractivity contribution in [2.75, 3.05) is 27.9 Å². The molecule has 5 nitrogen and oxygen atoms in total. The predicted molar refractivity (Wildman–Crippen MR) is 105 cm³/mol. The molecule has 1 heterocycles. The molecule has 5 heteroatoms. The van der Waals surface area contributed by atoms with Crippen LogP contribution in [0.2, 0.25) is 0 Å². The Balaban J connectivity index is 1.64. The Labute approximate surface area is 154 Å². The van der Waals surface area contributed by atoms with Crippen LogP contribution in [-0.2, 0) is 13.0 Å². The van der Waals surface area contributed by atoms with Crippen LogP contribution in [0.3, 0.4) is 0 Å². The van der Waals surface area contributed by atoms with Gasteiger partial charge in [0.2, 0.25) is 5.75 Å². The maximum Gasteiger partial charge on any atom is 0.203 e. The van der Waals surface area contributed by atoms with E-state index >= 15 is 0 Å². The number of aryl methyl sites for hydroxylation is 1.